The van der Waals surface area contributed by atoms with E-state index in [0.29, 0.717) is 5.75 Å². The van der Waals surface area contributed by atoms with Crippen LogP contribution in [-0.4, -0.2) is 59.7 Å². The van der Waals surface area contributed by atoms with E-state index in [-0.39, 0.29) is 25.6 Å². The zero-order chi connectivity index (χ0) is 21.1. The van der Waals surface area contributed by atoms with Gasteiger partial charge in [-0.1, -0.05) is 0 Å². The van der Waals surface area contributed by atoms with Crippen molar-refractivity contribution in [1.82, 2.24) is 0 Å². The zero-order valence-electron chi connectivity index (χ0n) is 17.4. The van der Waals surface area contributed by atoms with Crippen LogP contribution in [0.15, 0.2) is 30.3 Å². The molecule has 2 aliphatic heterocycles. The number of rotatable bonds is 3. The first-order valence-corrected chi connectivity index (χ1v) is 11.0. The van der Waals surface area contributed by atoms with Crippen LogP contribution >= 0.6 is 0 Å². The topological polar surface area (TPSA) is 62.1 Å². The van der Waals surface area contributed by atoms with E-state index in [1.54, 1.807) is 12.1 Å². The van der Waals surface area contributed by atoms with Gasteiger partial charge in [-0.3, -0.25) is 0 Å². The third-order valence-electron chi connectivity index (χ3n) is 5.39. The van der Waals surface area contributed by atoms with Gasteiger partial charge in [0.15, 0.2) is 0 Å². The Bertz CT molecular complexity index is 1050. The minimum absolute atomic E-state index is 0.00370. The molecule has 0 amide bonds. The fourth-order valence-corrected chi connectivity index (χ4v) is 6.76. The second-order valence-electron chi connectivity index (χ2n) is 7.71. The van der Waals surface area contributed by atoms with E-state index in [4.69, 9.17) is 4.74 Å². The number of hydrogen-bond donors (Lipinski definition) is 0. The second kappa shape index (κ2) is 6.68. The van der Waals surface area contributed by atoms with E-state index < -0.39 is 4.62 Å². The SMILES string of the molecule is Cc1c(N(C)C)cc2c(c1N(C)C)N(C)C1(C=Cc3cc([N+](=O)[O-])ccc3O1)[Se]2. The Morgan fingerprint density at radius 2 is 1.90 bits per heavy atom. The normalized spacial score (nSPS) is 19.0. The molecule has 7 nitrogen and oxygen atoms in total. The third kappa shape index (κ3) is 2.94. The molecular weight excluding hydrogens is 435 g/mol. The summed E-state index contributed by atoms with van der Waals surface area (Å²) in [5.74, 6) is 0.676. The predicted octanol–water partition coefficient (Wildman–Crippen LogP) is 2.57. The molecule has 1 unspecified atom stereocenters. The predicted molar refractivity (Wildman–Crippen MR) is 119 cm³/mol. The minimum atomic E-state index is -0.583. The van der Waals surface area contributed by atoms with Crippen LogP contribution in [0.2, 0.25) is 0 Å². The summed E-state index contributed by atoms with van der Waals surface area (Å²) < 4.78 is 7.20. The van der Waals surface area contributed by atoms with Gasteiger partial charge in [0.05, 0.1) is 0 Å². The Morgan fingerprint density at radius 3 is 2.52 bits per heavy atom. The zero-order valence-corrected chi connectivity index (χ0v) is 19.1. The van der Waals surface area contributed by atoms with Gasteiger partial charge in [0.2, 0.25) is 0 Å². The molecule has 0 aliphatic carbocycles. The quantitative estimate of drug-likeness (QED) is 0.400. The molecule has 1 atom stereocenters. The van der Waals surface area contributed by atoms with Crippen molar-refractivity contribution in [3.63, 3.8) is 0 Å². The number of ether oxygens (including phenoxy) is 1. The first-order chi connectivity index (χ1) is 13.6. The summed E-state index contributed by atoms with van der Waals surface area (Å²) in [6.45, 7) is 2.16. The van der Waals surface area contributed by atoms with Gasteiger partial charge >= 0.3 is 177 Å². The van der Waals surface area contributed by atoms with Crippen LogP contribution in [0.5, 0.6) is 5.75 Å². The van der Waals surface area contributed by atoms with Crippen molar-refractivity contribution in [2.75, 3.05) is 49.9 Å². The van der Waals surface area contributed by atoms with Crippen LogP contribution in [0, 0.1) is 17.0 Å². The van der Waals surface area contributed by atoms with E-state index in [1.807, 2.05) is 12.2 Å². The summed E-state index contributed by atoms with van der Waals surface area (Å²) >= 11 is -0.00370. The summed E-state index contributed by atoms with van der Waals surface area (Å²) in [7, 11) is 10.3. The van der Waals surface area contributed by atoms with E-state index in [2.05, 4.69) is 62.9 Å². The Labute approximate surface area is 176 Å². The van der Waals surface area contributed by atoms with Crippen molar-refractivity contribution in [2.24, 2.45) is 0 Å². The molecule has 4 rings (SSSR count). The Hall–Kier alpha value is -2.70. The van der Waals surface area contributed by atoms with Gasteiger partial charge in [0, 0.05) is 0 Å². The van der Waals surface area contributed by atoms with Crippen LogP contribution in [0.25, 0.3) is 6.08 Å². The van der Waals surface area contributed by atoms with Gasteiger partial charge in [-0.15, -0.1) is 0 Å². The molecule has 1 spiro atoms. The fourth-order valence-electron chi connectivity index (χ4n) is 4.01. The summed E-state index contributed by atoms with van der Waals surface area (Å²) in [5.41, 5.74) is 5.63. The number of non-ortho nitro benzene ring substituents is 1. The molecule has 0 fully saturated rings. The standard InChI is InChI=1S/C21H24N4O3Se/c1-13-16(22(2)3)12-18-20(19(13)23(4)5)24(6)21(29-18)10-9-14-11-15(25(26)27)7-8-17(14)28-21/h7-12H,1-6H3. The molecule has 8 heteroatoms. The molecular formula is C21H24N4O3Se. The molecule has 0 bridgehead atoms. The van der Waals surface area contributed by atoms with Crippen molar-refractivity contribution in [1.29, 1.82) is 0 Å². The number of nitro groups is 1. The molecule has 2 heterocycles. The van der Waals surface area contributed by atoms with Crippen LogP contribution < -0.4 is 23.9 Å². The summed E-state index contributed by atoms with van der Waals surface area (Å²) in [4.78, 5) is 17.2. The van der Waals surface area contributed by atoms with Crippen LogP contribution in [0.3, 0.4) is 0 Å². The molecule has 2 aliphatic rings. The van der Waals surface area contributed by atoms with Crippen LogP contribution in [-0.2, 0) is 0 Å². The first-order valence-electron chi connectivity index (χ1n) is 9.26. The number of benzene rings is 2. The van der Waals surface area contributed by atoms with Crippen molar-refractivity contribution in [2.45, 2.75) is 11.5 Å². The Morgan fingerprint density at radius 1 is 1.17 bits per heavy atom. The van der Waals surface area contributed by atoms with Gasteiger partial charge in [-0.25, -0.2) is 0 Å². The Kier molecular flexibility index (Phi) is 4.51. The molecule has 29 heavy (non-hydrogen) atoms. The number of anilines is 3. The molecule has 0 saturated heterocycles. The maximum atomic E-state index is 11.1. The Balaban J connectivity index is 1.81. The fraction of sp³-hybridized carbons (Fsp3) is 0.333. The van der Waals surface area contributed by atoms with Crippen molar-refractivity contribution in [3.8, 4) is 5.75 Å². The van der Waals surface area contributed by atoms with E-state index >= 15 is 0 Å². The maximum absolute atomic E-state index is 11.1. The van der Waals surface area contributed by atoms with E-state index in [0.717, 1.165) is 5.56 Å². The molecule has 152 valence electrons. The van der Waals surface area contributed by atoms with Crippen LogP contribution in [0.1, 0.15) is 11.1 Å². The van der Waals surface area contributed by atoms with Crippen molar-refractivity contribution in [3.05, 3.63) is 51.6 Å². The summed E-state index contributed by atoms with van der Waals surface area (Å²) in [6, 6.07) is 7.04. The van der Waals surface area contributed by atoms with Crippen molar-refractivity contribution >= 4 is 48.2 Å². The van der Waals surface area contributed by atoms with Crippen LogP contribution in [0.4, 0.5) is 22.7 Å². The molecule has 0 saturated carbocycles. The second-order valence-corrected chi connectivity index (χ2v) is 10.3. The van der Waals surface area contributed by atoms with Crippen molar-refractivity contribution < 1.29 is 9.66 Å². The molecule has 0 aromatic heterocycles. The van der Waals surface area contributed by atoms with Gasteiger partial charge in [0.25, 0.3) is 0 Å². The number of nitro benzene ring substituents is 1. The number of fused-ring (bicyclic) bond motifs is 2. The van der Waals surface area contributed by atoms with Gasteiger partial charge in [-0.2, -0.15) is 0 Å². The number of nitrogens with zero attached hydrogens (tertiary/aromatic N) is 4. The van der Waals surface area contributed by atoms with Gasteiger partial charge in [-0.05, 0) is 0 Å². The van der Waals surface area contributed by atoms with E-state index in [9.17, 15) is 10.1 Å². The van der Waals surface area contributed by atoms with E-state index in [1.165, 1.54) is 33.2 Å². The average Bonchev–Trinajstić information content (AvgIpc) is 2.91. The molecule has 0 radical (unpaired) electrons. The summed E-state index contributed by atoms with van der Waals surface area (Å²) in [5, 5.41) is 11.1. The van der Waals surface area contributed by atoms with Gasteiger partial charge < -0.3 is 0 Å². The molecule has 2 aromatic carbocycles. The van der Waals surface area contributed by atoms with Gasteiger partial charge in [0.1, 0.15) is 0 Å². The molecule has 0 N–H and O–H groups in total. The molecule has 2 aromatic rings. The number of likely N-dealkylation sites (N-methyl/N-ethyl adjacent to an activating group) is 1. The third-order valence-corrected chi connectivity index (χ3v) is 8.15. The first kappa shape index (κ1) is 19.6. The monoisotopic (exact) mass is 460 g/mol. The average molecular weight is 459 g/mol. The summed E-state index contributed by atoms with van der Waals surface area (Å²) in [6.07, 6.45) is 3.99. The number of hydrogen-bond acceptors (Lipinski definition) is 6.